The number of anilines is 1. The maximum atomic E-state index is 13.2. The quantitative estimate of drug-likeness (QED) is 0.809. The molecule has 0 N–H and O–H groups in total. The van der Waals surface area contributed by atoms with E-state index in [-0.39, 0.29) is 4.90 Å². The number of hydrogen-bond acceptors (Lipinski definition) is 5. The minimum Gasteiger partial charge on any atom is -0.495 e. The van der Waals surface area contributed by atoms with Crippen LogP contribution in [-0.4, -0.2) is 46.0 Å². The number of methoxy groups -OCH3 is 1. The highest BCUT2D eigenvalue weighted by Gasteiger charge is 2.31. The average molecular weight is 385 g/mol. The highest BCUT2D eigenvalue weighted by Crippen LogP contribution is 2.30. The molecule has 0 radical (unpaired) electrons. The Labute approximate surface area is 160 Å². The summed E-state index contributed by atoms with van der Waals surface area (Å²) in [6.07, 6.45) is 0. The largest absolute Gasteiger partial charge is 0.495 e. The van der Waals surface area contributed by atoms with Gasteiger partial charge in [0.15, 0.2) is 0 Å². The molecule has 0 saturated carbocycles. The Morgan fingerprint density at radius 2 is 1.70 bits per heavy atom. The van der Waals surface area contributed by atoms with Crippen LogP contribution in [0.2, 0.25) is 0 Å². The fourth-order valence-electron chi connectivity index (χ4n) is 3.22. The van der Waals surface area contributed by atoms with Gasteiger partial charge in [0.2, 0.25) is 10.0 Å². The van der Waals surface area contributed by atoms with Crippen molar-refractivity contribution in [3.8, 4) is 11.8 Å². The van der Waals surface area contributed by atoms with Crippen molar-refractivity contribution in [1.82, 2.24) is 4.31 Å². The molecule has 1 aliphatic heterocycles. The van der Waals surface area contributed by atoms with Crippen molar-refractivity contribution in [3.63, 3.8) is 0 Å². The van der Waals surface area contributed by atoms with Gasteiger partial charge < -0.3 is 9.64 Å². The van der Waals surface area contributed by atoms with Crippen LogP contribution in [0.15, 0.2) is 41.3 Å². The van der Waals surface area contributed by atoms with Gasteiger partial charge in [-0.05, 0) is 55.3 Å². The molecule has 27 heavy (non-hydrogen) atoms. The SMILES string of the molecule is COc1cc(C)c(C)cc1S(=O)(=O)N1CCN(c2cccc(C#N)c2)CC1. The van der Waals surface area contributed by atoms with Gasteiger partial charge in [-0.3, -0.25) is 0 Å². The summed E-state index contributed by atoms with van der Waals surface area (Å²) < 4.78 is 33.1. The number of sulfonamides is 1. The van der Waals surface area contributed by atoms with Gasteiger partial charge in [-0.1, -0.05) is 6.07 Å². The van der Waals surface area contributed by atoms with E-state index in [1.807, 2.05) is 32.0 Å². The number of rotatable bonds is 4. The van der Waals surface area contributed by atoms with E-state index in [0.717, 1.165) is 16.8 Å². The topological polar surface area (TPSA) is 73.6 Å². The number of ether oxygens (including phenoxy) is 1. The molecule has 0 unspecified atom stereocenters. The van der Waals surface area contributed by atoms with Gasteiger partial charge in [-0.2, -0.15) is 9.57 Å². The second-order valence-corrected chi connectivity index (χ2v) is 8.55. The summed E-state index contributed by atoms with van der Waals surface area (Å²) in [4.78, 5) is 2.32. The highest BCUT2D eigenvalue weighted by atomic mass is 32.2. The lowest BCUT2D eigenvalue weighted by molar-refractivity contribution is 0.374. The first-order valence-electron chi connectivity index (χ1n) is 8.77. The number of benzene rings is 2. The Morgan fingerprint density at radius 3 is 2.33 bits per heavy atom. The number of aryl methyl sites for hydroxylation is 2. The Bertz CT molecular complexity index is 988. The molecule has 2 aromatic carbocycles. The molecule has 0 aliphatic carbocycles. The van der Waals surface area contributed by atoms with Crippen LogP contribution < -0.4 is 9.64 Å². The van der Waals surface area contributed by atoms with Crippen LogP contribution >= 0.6 is 0 Å². The Kier molecular flexibility index (Phi) is 5.40. The third kappa shape index (κ3) is 3.77. The van der Waals surface area contributed by atoms with Crippen LogP contribution in [0.25, 0.3) is 0 Å². The molecule has 0 aromatic heterocycles. The lowest BCUT2D eigenvalue weighted by atomic mass is 10.1. The fraction of sp³-hybridized carbons (Fsp3) is 0.350. The highest BCUT2D eigenvalue weighted by molar-refractivity contribution is 7.89. The fourth-order valence-corrected chi connectivity index (χ4v) is 4.87. The third-order valence-electron chi connectivity index (χ3n) is 4.98. The molecular weight excluding hydrogens is 362 g/mol. The maximum Gasteiger partial charge on any atom is 0.246 e. The van der Waals surface area contributed by atoms with E-state index in [0.29, 0.717) is 37.5 Å². The summed E-state index contributed by atoms with van der Waals surface area (Å²) >= 11 is 0. The molecule has 3 rings (SSSR count). The molecule has 1 fully saturated rings. The smallest absolute Gasteiger partial charge is 0.246 e. The Morgan fingerprint density at radius 1 is 1.04 bits per heavy atom. The summed E-state index contributed by atoms with van der Waals surface area (Å²) in [5.74, 6) is 0.377. The van der Waals surface area contributed by atoms with Crippen LogP contribution in [0.1, 0.15) is 16.7 Å². The van der Waals surface area contributed by atoms with Crippen LogP contribution in [0.5, 0.6) is 5.75 Å². The van der Waals surface area contributed by atoms with Crippen molar-refractivity contribution in [2.24, 2.45) is 0 Å². The van der Waals surface area contributed by atoms with E-state index < -0.39 is 10.0 Å². The Hall–Kier alpha value is -2.56. The maximum absolute atomic E-state index is 13.2. The van der Waals surface area contributed by atoms with Gasteiger partial charge in [0.05, 0.1) is 18.7 Å². The van der Waals surface area contributed by atoms with E-state index in [2.05, 4.69) is 11.0 Å². The van der Waals surface area contributed by atoms with Gasteiger partial charge in [0, 0.05) is 31.9 Å². The minimum absolute atomic E-state index is 0.216. The summed E-state index contributed by atoms with van der Waals surface area (Å²) in [6, 6.07) is 13.0. The number of nitriles is 1. The van der Waals surface area contributed by atoms with Crippen molar-refractivity contribution in [2.45, 2.75) is 18.7 Å². The number of hydrogen-bond donors (Lipinski definition) is 0. The first kappa shape index (κ1) is 19.2. The molecule has 6 nitrogen and oxygen atoms in total. The lowest BCUT2D eigenvalue weighted by Crippen LogP contribution is -2.48. The van der Waals surface area contributed by atoms with Crippen LogP contribution in [0.4, 0.5) is 5.69 Å². The van der Waals surface area contributed by atoms with Crippen molar-refractivity contribution in [2.75, 3.05) is 38.2 Å². The second-order valence-electron chi connectivity index (χ2n) is 6.64. The van der Waals surface area contributed by atoms with E-state index in [9.17, 15) is 8.42 Å². The molecule has 1 saturated heterocycles. The van der Waals surface area contributed by atoms with Crippen LogP contribution in [0.3, 0.4) is 0 Å². The van der Waals surface area contributed by atoms with Crippen LogP contribution in [0, 0.1) is 25.2 Å². The van der Waals surface area contributed by atoms with Crippen molar-refractivity contribution in [1.29, 1.82) is 5.26 Å². The molecule has 0 spiro atoms. The summed E-state index contributed by atoms with van der Waals surface area (Å²) in [6.45, 7) is 5.74. The zero-order chi connectivity index (χ0) is 19.6. The molecule has 2 aromatic rings. The molecule has 1 heterocycles. The van der Waals surface area contributed by atoms with E-state index in [1.54, 1.807) is 18.2 Å². The molecule has 0 amide bonds. The van der Waals surface area contributed by atoms with Crippen LogP contribution in [-0.2, 0) is 10.0 Å². The van der Waals surface area contributed by atoms with Gasteiger partial charge in [-0.25, -0.2) is 8.42 Å². The van der Waals surface area contributed by atoms with Gasteiger partial charge in [0.1, 0.15) is 10.6 Å². The van der Waals surface area contributed by atoms with Gasteiger partial charge >= 0.3 is 0 Å². The first-order valence-corrected chi connectivity index (χ1v) is 10.2. The summed E-state index contributed by atoms with van der Waals surface area (Å²) in [7, 11) is -2.14. The predicted molar refractivity (Wildman–Crippen MR) is 105 cm³/mol. The Balaban J connectivity index is 1.81. The average Bonchev–Trinajstić information content (AvgIpc) is 2.69. The number of piperazine rings is 1. The van der Waals surface area contributed by atoms with E-state index in [1.165, 1.54) is 11.4 Å². The summed E-state index contributed by atoms with van der Waals surface area (Å²) in [5.41, 5.74) is 3.45. The lowest BCUT2D eigenvalue weighted by Gasteiger charge is -2.35. The number of nitrogens with zero attached hydrogens (tertiary/aromatic N) is 3. The zero-order valence-electron chi connectivity index (χ0n) is 15.8. The van der Waals surface area contributed by atoms with Crippen molar-refractivity contribution in [3.05, 3.63) is 53.1 Å². The minimum atomic E-state index is -3.63. The molecule has 142 valence electrons. The van der Waals surface area contributed by atoms with E-state index in [4.69, 9.17) is 10.00 Å². The second kappa shape index (κ2) is 7.59. The monoisotopic (exact) mass is 385 g/mol. The van der Waals surface area contributed by atoms with Crippen molar-refractivity contribution < 1.29 is 13.2 Å². The predicted octanol–water partition coefficient (Wildman–Crippen LogP) is 2.69. The molecule has 0 atom stereocenters. The zero-order valence-corrected chi connectivity index (χ0v) is 16.6. The normalized spacial score (nSPS) is 15.4. The van der Waals surface area contributed by atoms with Gasteiger partial charge in [-0.15, -0.1) is 0 Å². The molecule has 0 bridgehead atoms. The summed E-state index contributed by atoms with van der Waals surface area (Å²) in [5, 5.41) is 9.06. The molecular formula is C20H23N3O3S. The standard InChI is InChI=1S/C20H23N3O3S/c1-15-11-19(26-3)20(12-16(15)2)27(24,25)23-9-7-22(8-10-23)18-6-4-5-17(13-18)14-21/h4-6,11-13H,7-10H2,1-3H3. The van der Waals surface area contributed by atoms with E-state index >= 15 is 0 Å². The van der Waals surface area contributed by atoms with Crippen molar-refractivity contribution >= 4 is 15.7 Å². The molecule has 7 heteroatoms. The molecule has 1 aliphatic rings. The third-order valence-corrected chi connectivity index (χ3v) is 6.90. The first-order chi connectivity index (χ1) is 12.9. The van der Waals surface area contributed by atoms with Gasteiger partial charge in [0.25, 0.3) is 0 Å².